The van der Waals surface area contributed by atoms with E-state index in [0.717, 1.165) is 5.56 Å². The molecule has 1 aliphatic heterocycles. The Bertz CT molecular complexity index is 474. The second-order valence-electron chi connectivity index (χ2n) is 5.02. The third kappa shape index (κ3) is 3.36. The van der Waals surface area contributed by atoms with Crippen LogP contribution < -0.4 is 0 Å². The van der Waals surface area contributed by atoms with Gasteiger partial charge < -0.3 is 9.84 Å². The van der Waals surface area contributed by atoms with Crippen molar-refractivity contribution >= 4 is 11.9 Å². The normalized spacial score (nSPS) is 22.6. The molecule has 1 aromatic rings. The van der Waals surface area contributed by atoms with Crippen molar-refractivity contribution < 1.29 is 19.4 Å². The lowest BCUT2D eigenvalue weighted by molar-refractivity contribution is -0.146. The summed E-state index contributed by atoms with van der Waals surface area (Å²) >= 11 is 0. The highest BCUT2D eigenvalue weighted by molar-refractivity contribution is 5.75. The molecule has 20 heavy (non-hydrogen) atoms. The van der Waals surface area contributed by atoms with Crippen LogP contribution in [0.2, 0.25) is 0 Å². The third-order valence-electron chi connectivity index (χ3n) is 3.77. The van der Waals surface area contributed by atoms with Crippen LogP contribution in [0.3, 0.4) is 0 Å². The van der Waals surface area contributed by atoms with E-state index in [9.17, 15) is 14.7 Å². The van der Waals surface area contributed by atoms with Gasteiger partial charge in [-0.05, 0) is 18.4 Å². The molecule has 0 spiro atoms. The lowest BCUT2D eigenvalue weighted by Gasteiger charge is -2.27. The first kappa shape index (κ1) is 14.5. The standard InChI is InChI=1S/C15H19NO4/c1-20-14(17)9-12-7-8-13(15(18)19)16(12)10-11-5-3-2-4-6-11/h2-6,12-13H,7-10H2,1H3,(H,18,19)/t12-,13+/m1/s1. The van der Waals surface area contributed by atoms with Gasteiger partial charge in [0, 0.05) is 12.6 Å². The summed E-state index contributed by atoms with van der Waals surface area (Å²) in [6.07, 6.45) is 1.52. The van der Waals surface area contributed by atoms with Crippen LogP contribution in [-0.4, -0.2) is 41.1 Å². The molecule has 1 aliphatic rings. The highest BCUT2D eigenvalue weighted by Crippen LogP contribution is 2.28. The van der Waals surface area contributed by atoms with Gasteiger partial charge in [0.1, 0.15) is 6.04 Å². The number of nitrogens with zero attached hydrogens (tertiary/aromatic N) is 1. The first-order valence-electron chi connectivity index (χ1n) is 6.71. The zero-order valence-corrected chi connectivity index (χ0v) is 11.5. The molecular formula is C15H19NO4. The van der Waals surface area contributed by atoms with Crippen LogP contribution >= 0.6 is 0 Å². The summed E-state index contributed by atoms with van der Waals surface area (Å²) < 4.78 is 4.69. The Morgan fingerprint density at radius 2 is 2.00 bits per heavy atom. The maximum atomic E-state index is 11.4. The molecular weight excluding hydrogens is 258 g/mol. The van der Waals surface area contributed by atoms with Gasteiger partial charge in [-0.15, -0.1) is 0 Å². The molecule has 0 radical (unpaired) electrons. The Hall–Kier alpha value is -1.88. The van der Waals surface area contributed by atoms with Crippen molar-refractivity contribution in [2.24, 2.45) is 0 Å². The summed E-state index contributed by atoms with van der Waals surface area (Å²) in [4.78, 5) is 24.7. The average Bonchev–Trinajstić information content (AvgIpc) is 2.83. The molecule has 0 aromatic heterocycles. The molecule has 1 fully saturated rings. The number of likely N-dealkylation sites (tertiary alicyclic amines) is 1. The van der Waals surface area contributed by atoms with Gasteiger partial charge in [0.2, 0.25) is 0 Å². The smallest absolute Gasteiger partial charge is 0.320 e. The Labute approximate surface area is 118 Å². The maximum absolute atomic E-state index is 11.4. The number of carboxylic acids is 1. The van der Waals surface area contributed by atoms with E-state index in [1.165, 1.54) is 7.11 Å². The van der Waals surface area contributed by atoms with Crippen LogP contribution in [0, 0.1) is 0 Å². The number of ether oxygens (including phenoxy) is 1. The SMILES string of the molecule is COC(=O)C[C@H]1CC[C@@H](C(=O)O)N1Cc1ccccc1. The number of carbonyl (C=O) groups is 2. The van der Waals surface area contributed by atoms with Crippen molar-refractivity contribution in [1.29, 1.82) is 0 Å². The van der Waals surface area contributed by atoms with Crippen molar-refractivity contribution in [2.45, 2.75) is 37.9 Å². The largest absolute Gasteiger partial charge is 0.480 e. The Morgan fingerprint density at radius 3 is 2.60 bits per heavy atom. The van der Waals surface area contributed by atoms with Crippen molar-refractivity contribution in [2.75, 3.05) is 7.11 Å². The van der Waals surface area contributed by atoms with Gasteiger partial charge in [-0.3, -0.25) is 14.5 Å². The van der Waals surface area contributed by atoms with Gasteiger partial charge >= 0.3 is 11.9 Å². The number of aliphatic carboxylic acids is 1. The molecule has 1 heterocycles. The lowest BCUT2D eigenvalue weighted by Crippen LogP contribution is -2.41. The number of carbonyl (C=O) groups excluding carboxylic acids is 1. The van der Waals surface area contributed by atoms with Crippen LogP contribution in [0.25, 0.3) is 0 Å². The number of hydrogen-bond donors (Lipinski definition) is 1. The average molecular weight is 277 g/mol. The fraction of sp³-hybridized carbons (Fsp3) is 0.467. The molecule has 5 heteroatoms. The van der Waals surface area contributed by atoms with Crippen LogP contribution in [0.1, 0.15) is 24.8 Å². The van der Waals surface area contributed by atoms with Gasteiger partial charge in [0.15, 0.2) is 0 Å². The monoisotopic (exact) mass is 277 g/mol. The van der Waals surface area contributed by atoms with E-state index in [2.05, 4.69) is 0 Å². The molecule has 2 rings (SSSR count). The van der Waals surface area contributed by atoms with Crippen LogP contribution in [0.15, 0.2) is 30.3 Å². The summed E-state index contributed by atoms with van der Waals surface area (Å²) in [5.74, 6) is -1.12. The molecule has 0 aliphatic carbocycles. The van der Waals surface area contributed by atoms with E-state index < -0.39 is 12.0 Å². The van der Waals surface area contributed by atoms with Crippen LogP contribution in [0.5, 0.6) is 0 Å². The predicted octanol–water partition coefficient (Wildman–Crippen LogP) is 1.67. The van der Waals surface area contributed by atoms with E-state index in [1.807, 2.05) is 35.2 Å². The molecule has 5 nitrogen and oxygen atoms in total. The number of methoxy groups -OCH3 is 1. The lowest BCUT2D eigenvalue weighted by atomic mass is 10.1. The van der Waals surface area contributed by atoms with Gasteiger partial charge in [-0.25, -0.2) is 0 Å². The minimum atomic E-state index is -0.826. The molecule has 1 aromatic carbocycles. The number of benzene rings is 1. The molecule has 0 amide bonds. The minimum absolute atomic E-state index is 0.0660. The van der Waals surface area contributed by atoms with E-state index in [0.29, 0.717) is 19.4 Å². The summed E-state index contributed by atoms with van der Waals surface area (Å²) in [5.41, 5.74) is 1.05. The highest BCUT2D eigenvalue weighted by atomic mass is 16.5. The second kappa shape index (κ2) is 6.52. The van der Waals surface area contributed by atoms with Gasteiger partial charge in [-0.1, -0.05) is 30.3 Å². The van der Waals surface area contributed by atoms with Gasteiger partial charge in [-0.2, -0.15) is 0 Å². The Kier molecular flexibility index (Phi) is 4.74. The molecule has 1 N–H and O–H groups in total. The van der Waals surface area contributed by atoms with Crippen LogP contribution in [-0.2, 0) is 20.9 Å². The summed E-state index contributed by atoms with van der Waals surface area (Å²) in [5, 5.41) is 9.31. The fourth-order valence-corrected chi connectivity index (χ4v) is 2.73. The number of carboxylic acid groups (broad SMARTS) is 1. The summed E-state index contributed by atoms with van der Waals surface area (Å²) in [7, 11) is 1.35. The van der Waals surface area contributed by atoms with Crippen molar-refractivity contribution in [3.05, 3.63) is 35.9 Å². The molecule has 0 bridgehead atoms. The molecule has 108 valence electrons. The Balaban J connectivity index is 2.12. The molecule has 0 saturated carbocycles. The number of rotatable bonds is 5. The first-order chi connectivity index (χ1) is 9.61. The van der Waals surface area contributed by atoms with E-state index in [-0.39, 0.29) is 18.4 Å². The van der Waals surface area contributed by atoms with Crippen molar-refractivity contribution in [1.82, 2.24) is 4.90 Å². The minimum Gasteiger partial charge on any atom is -0.480 e. The van der Waals surface area contributed by atoms with E-state index >= 15 is 0 Å². The topological polar surface area (TPSA) is 66.8 Å². The Morgan fingerprint density at radius 1 is 1.30 bits per heavy atom. The third-order valence-corrected chi connectivity index (χ3v) is 3.77. The van der Waals surface area contributed by atoms with Gasteiger partial charge in [0.05, 0.1) is 13.5 Å². The zero-order valence-electron chi connectivity index (χ0n) is 11.5. The summed E-state index contributed by atoms with van der Waals surface area (Å²) in [6.45, 7) is 0.541. The van der Waals surface area contributed by atoms with E-state index in [1.54, 1.807) is 0 Å². The van der Waals surface area contributed by atoms with Gasteiger partial charge in [0.25, 0.3) is 0 Å². The quantitative estimate of drug-likeness (QED) is 0.829. The first-order valence-corrected chi connectivity index (χ1v) is 6.71. The maximum Gasteiger partial charge on any atom is 0.320 e. The van der Waals surface area contributed by atoms with Crippen molar-refractivity contribution in [3.8, 4) is 0 Å². The molecule has 0 unspecified atom stereocenters. The fourth-order valence-electron chi connectivity index (χ4n) is 2.73. The van der Waals surface area contributed by atoms with Crippen LogP contribution in [0.4, 0.5) is 0 Å². The predicted molar refractivity (Wildman–Crippen MR) is 73.1 cm³/mol. The highest BCUT2D eigenvalue weighted by Gasteiger charge is 2.38. The van der Waals surface area contributed by atoms with E-state index in [4.69, 9.17) is 4.74 Å². The van der Waals surface area contributed by atoms with Crippen molar-refractivity contribution in [3.63, 3.8) is 0 Å². The number of hydrogen-bond acceptors (Lipinski definition) is 4. The molecule has 2 atom stereocenters. The number of esters is 1. The summed E-state index contributed by atoms with van der Waals surface area (Å²) in [6, 6.07) is 9.12. The second-order valence-corrected chi connectivity index (χ2v) is 5.02. The zero-order chi connectivity index (χ0) is 14.5. The molecule has 1 saturated heterocycles.